The summed E-state index contributed by atoms with van der Waals surface area (Å²) in [6, 6.07) is 7.55. The van der Waals surface area contributed by atoms with Gasteiger partial charge in [0, 0.05) is 18.4 Å². The number of anilines is 1. The fourth-order valence-electron chi connectivity index (χ4n) is 2.89. The minimum atomic E-state index is -0.238. The summed E-state index contributed by atoms with van der Waals surface area (Å²) in [5.41, 5.74) is 1.41. The highest BCUT2D eigenvalue weighted by atomic mass is 16.5. The quantitative estimate of drug-likeness (QED) is 0.913. The Labute approximate surface area is 128 Å². The molecule has 2 heterocycles. The highest BCUT2D eigenvalue weighted by Crippen LogP contribution is 2.36. The van der Waals surface area contributed by atoms with E-state index in [1.807, 2.05) is 38.1 Å². The summed E-state index contributed by atoms with van der Waals surface area (Å²) < 4.78 is 6.87. The number of carbonyl (C=O) groups is 1. The first-order valence-electron chi connectivity index (χ1n) is 7.29. The highest BCUT2D eigenvalue weighted by Gasteiger charge is 2.32. The Morgan fingerprint density at radius 3 is 2.50 bits per heavy atom. The molecule has 0 unspecified atom stereocenters. The fraction of sp³-hybridized carbons (Fsp3) is 0.375. The molecular formula is C16H19N3O3. The van der Waals surface area contributed by atoms with Crippen molar-refractivity contribution >= 4 is 11.7 Å². The van der Waals surface area contributed by atoms with Crippen LogP contribution < -0.4 is 15.6 Å². The first-order chi connectivity index (χ1) is 10.5. The molecule has 0 fully saturated rings. The summed E-state index contributed by atoms with van der Waals surface area (Å²) in [4.78, 5) is 24.4. The third kappa shape index (κ3) is 2.30. The molecule has 1 atom stereocenters. The van der Waals surface area contributed by atoms with Gasteiger partial charge in [-0.15, -0.1) is 0 Å². The molecule has 1 aliphatic rings. The SMILES string of the molecule is COc1ccc([C@@H]2CC(=O)Nc3c2c(=O)[nH]n3C(C)C)cc1. The lowest BCUT2D eigenvalue weighted by atomic mass is 9.87. The molecule has 0 spiro atoms. The number of hydrogen-bond acceptors (Lipinski definition) is 3. The molecule has 1 amide bonds. The van der Waals surface area contributed by atoms with Crippen LogP contribution in [0.3, 0.4) is 0 Å². The highest BCUT2D eigenvalue weighted by molar-refractivity contribution is 5.94. The van der Waals surface area contributed by atoms with Gasteiger partial charge in [0.1, 0.15) is 11.6 Å². The number of amides is 1. The predicted molar refractivity (Wildman–Crippen MR) is 83.5 cm³/mol. The summed E-state index contributed by atoms with van der Waals surface area (Å²) in [6.45, 7) is 3.92. The molecule has 0 saturated heterocycles. The van der Waals surface area contributed by atoms with E-state index in [1.165, 1.54) is 0 Å². The van der Waals surface area contributed by atoms with Gasteiger partial charge in [-0.25, -0.2) is 0 Å². The van der Waals surface area contributed by atoms with Gasteiger partial charge in [-0.3, -0.25) is 19.4 Å². The van der Waals surface area contributed by atoms with E-state index in [1.54, 1.807) is 11.8 Å². The van der Waals surface area contributed by atoms with Crippen molar-refractivity contribution in [2.24, 2.45) is 0 Å². The zero-order valence-electron chi connectivity index (χ0n) is 12.8. The average Bonchev–Trinajstić information content (AvgIpc) is 2.84. The van der Waals surface area contributed by atoms with Gasteiger partial charge in [0.15, 0.2) is 0 Å². The second-order valence-corrected chi connectivity index (χ2v) is 5.75. The maximum absolute atomic E-state index is 12.4. The number of aromatic nitrogens is 2. The van der Waals surface area contributed by atoms with Crippen molar-refractivity contribution in [3.63, 3.8) is 0 Å². The van der Waals surface area contributed by atoms with Crippen LogP contribution in [0.2, 0.25) is 0 Å². The molecule has 6 nitrogen and oxygen atoms in total. The number of rotatable bonds is 3. The van der Waals surface area contributed by atoms with Crippen molar-refractivity contribution < 1.29 is 9.53 Å². The van der Waals surface area contributed by atoms with Gasteiger partial charge in [-0.2, -0.15) is 0 Å². The summed E-state index contributed by atoms with van der Waals surface area (Å²) in [7, 11) is 1.61. The molecule has 0 bridgehead atoms. The Balaban J connectivity index is 2.11. The van der Waals surface area contributed by atoms with E-state index in [0.29, 0.717) is 11.4 Å². The van der Waals surface area contributed by atoms with Crippen LogP contribution in [-0.2, 0) is 4.79 Å². The zero-order chi connectivity index (χ0) is 15.9. The minimum absolute atomic E-state index is 0.0615. The standard InChI is InChI=1S/C16H19N3O3/c1-9(2)19-15-14(16(21)18-19)12(8-13(20)17-15)10-4-6-11(22-3)7-5-10/h4-7,9,12H,8H2,1-3H3,(H,17,20)(H,18,21)/t12-/m0/s1. The second-order valence-electron chi connectivity index (χ2n) is 5.75. The third-order valence-corrected chi connectivity index (χ3v) is 3.99. The first-order valence-corrected chi connectivity index (χ1v) is 7.29. The number of hydrogen-bond donors (Lipinski definition) is 2. The van der Waals surface area contributed by atoms with Crippen LogP contribution in [0.5, 0.6) is 5.75 Å². The van der Waals surface area contributed by atoms with Crippen LogP contribution in [0.4, 0.5) is 5.82 Å². The molecule has 1 aromatic heterocycles. The molecule has 1 aliphatic heterocycles. The molecule has 2 aromatic rings. The van der Waals surface area contributed by atoms with E-state index in [9.17, 15) is 9.59 Å². The molecule has 3 rings (SSSR count). The van der Waals surface area contributed by atoms with Crippen LogP contribution in [0.1, 0.15) is 43.4 Å². The minimum Gasteiger partial charge on any atom is -0.497 e. The summed E-state index contributed by atoms with van der Waals surface area (Å²) in [5, 5.41) is 5.64. The van der Waals surface area contributed by atoms with Crippen molar-refractivity contribution in [3.05, 3.63) is 45.7 Å². The van der Waals surface area contributed by atoms with E-state index < -0.39 is 0 Å². The first kappa shape index (κ1) is 14.4. The van der Waals surface area contributed by atoms with Crippen molar-refractivity contribution in [1.82, 2.24) is 9.78 Å². The molecule has 6 heteroatoms. The van der Waals surface area contributed by atoms with Crippen LogP contribution in [-0.4, -0.2) is 22.8 Å². The van der Waals surface area contributed by atoms with E-state index in [2.05, 4.69) is 10.4 Å². The fourth-order valence-corrected chi connectivity index (χ4v) is 2.89. The van der Waals surface area contributed by atoms with Crippen molar-refractivity contribution in [1.29, 1.82) is 0 Å². The number of ether oxygens (including phenoxy) is 1. The Morgan fingerprint density at radius 1 is 1.23 bits per heavy atom. The van der Waals surface area contributed by atoms with E-state index in [0.717, 1.165) is 11.3 Å². The maximum Gasteiger partial charge on any atom is 0.270 e. The number of methoxy groups -OCH3 is 1. The average molecular weight is 301 g/mol. The molecule has 2 N–H and O–H groups in total. The van der Waals surface area contributed by atoms with Gasteiger partial charge in [-0.1, -0.05) is 12.1 Å². The van der Waals surface area contributed by atoms with Gasteiger partial charge in [-0.05, 0) is 31.5 Å². The van der Waals surface area contributed by atoms with Gasteiger partial charge < -0.3 is 10.1 Å². The van der Waals surface area contributed by atoms with Crippen LogP contribution in [0, 0.1) is 0 Å². The zero-order valence-corrected chi connectivity index (χ0v) is 12.8. The Hall–Kier alpha value is -2.50. The molecule has 0 radical (unpaired) electrons. The second kappa shape index (κ2) is 5.36. The molecule has 0 aliphatic carbocycles. The van der Waals surface area contributed by atoms with Gasteiger partial charge in [0.25, 0.3) is 5.56 Å². The van der Waals surface area contributed by atoms with Crippen molar-refractivity contribution in [3.8, 4) is 5.75 Å². The number of nitrogens with one attached hydrogen (secondary N) is 2. The van der Waals surface area contributed by atoms with Gasteiger partial charge in [0.05, 0.1) is 12.7 Å². The third-order valence-electron chi connectivity index (χ3n) is 3.99. The van der Waals surface area contributed by atoms with Gasteiger partial charge >= 0.3 is 0 Å². The monoisotopic (exact) mass is 301 g/mol. The molecule has 1 aromatic carbocycles. The van der Waals surface area contributed by atoms with Crippen molar-refractivity contribution in [2.45, 2.75) is 32.2 Å². The summed E-state index contributed by atoms with van der Waals surface area (Å²) in [5.74, 6) is 1.01. The van der Waals surface area contributed by atoms with Crippen LogP contribution in [0.25, 0.3) is 0 Å². The largest absolute Gasteiger partial charge is 0.497 e. The number of fused-ring (bicyclic) bond motifs is 1. The van der Waals surface area contributed by atoms with Crippen LogP contribution >= 0.6 is 0 Å². The Morgan fingerprint density at radius 2 is 1.91 bits per heavy atom. The lowest BCUT2D eigenvalue weighted by Crippen LogP contribution is -2.27. The molecule has 0 saturated carbocycles. The predicted octanol–water partition coefficient (Wildman–Crippen LogP) is 2.24. The topological polar surface area (TPSA) is 76.1 Å². The number of benzene rings is 1. The smallest absolute Gasteiger partial charge is 0.270 e. The molecule has 116 valence electrons. The normalized spacial score (nSPS) is 17.3. The Bertz CT molecular complexity index is 756. The lowest BCUT2D eigenvalue weighted by molar-refractivity contribution is -0.116. The summed E-state index contributed by atoms with van der Waals surface area (Å²) >= 11 is 0. The lowest BCUT2D eigenvalue weighted by Gasteiger charge is -2.24. The van der Waals surface area contributed by atoms with Crippen molar-refractivity contribution in [2.75, 3.05) is 12.4 Å². The molecular weight excluding hydrogens is 282 g/mol. The number of H-pyrrole nitrogens is 1. The van der Waals surface area contributed by atoms with Crippen LogP contribution in [0.15, 0.2) is 29.1 Å². The molecule has 22 heavy (non-hydrogen) atoms. The maximum atomic E-state index is 12.4. The van der Waals surface area contributed by atoms with Gasteiger partial charge in [0.2, 0.25) is 5.91 Å². The number of nitrogens with zero attached hydrogens (tertiary/aromatic N) is 1. The van der Waals surface area contributed by atoms with E-state index >= 15 is 0 Å². The van der Waals surface area contributed by atoms with E-state index in [4.69, 9.17) is 4.74 Å². The Kier molecular flexibility index (Phi) is 3.52. The van der Waals surface area contributed by atoms with E-state index in [-0.39, 0.29) is 29.8 Å². The summed E-state index contributed by atoms with van der Waals surface area (Å²) in [6.07, 6.45) is 0.268. The number of carbonyl (C=O) groups excluding carboxylic acids is 1. The number of aromatic amines is 1.